The molecule has 0 unspecified atom stereocenters. The molecule has 0 radical (unpaired) electrons. The summed E-state index contributed by atoms with van der Waals surface area (Å²) in [5.41, 5.74) is 10.2. The lowest BCUT2D eigenvalue weighted by molar-refractivity contribution is -0.138. The monoisotopic (exact) mass is 214 g/mol. The second kappa shape index (κ2) is 7.63. The third-order valence-electron chi connectivity index (χ3n) is 1.32. The number of carboxylic acids is 1. The fraction of sp³-hybridized carbons (Fsp3) is 0.667. The summed E-state index contributed by atoms with van der Waals surface area (Å²) in [5.74, 6) is -1.11. The molecule has 0 heterocycles. The summed E-state index contributed by atoms with van der Waals surface area (Å²) in [6.45, 7) is 0.482. The topological polar surface area (TPSA) is 125 Å². The van der Waals surface area contributed by atoms with E-state index in [1.54, 1.807) is 0 Å². The molecule has 0 saturated carbocycles. The minimum atomic E-state index is -1.00. The largest absolute Gasteiger partial charge is 0.480 e. The maximum absolute atomic E-state index is 10.2. The van der Waals surface area contributed by atoms with Crippen LogP contribution in [0.5, 0.6) is 0 Å². The number of rotatable bonds is 5. The molecule has 0 aliphatic rings. The predicted molar refractivity (Wildman–Crippen MR) is 52.0 cm³/mol. The molecular formula is C6H15ClN4O2. The Morgan fingerprint density at radius 2 is 2.15 bits per heavy atom. The van der Waals surface area contributed by atoms with Gasteiger partial charge in [0.05, 0.1) is 0 Å². The fourth-order valence-electron chi connectivity index (χ4n) is 0.669. The van der Waals surface area contributed by atoms with Gasteiger partial charge in [-0.1, -0.05) is 0 Å². The molecule has 1 atom stereocenters. The molecule has 78 valence electrons. The fourth-order valence-corrected chi connectivity index (χ4v) is 0.669. The van der Waals surface area contributed by atoms with Gasteiger partial charge in [0.1, 0.15) is 6.04 Å². The van der Waals surface area contributed by atoms with E-state index in [4.69, 9.17) is 22.0 Å². The second-order valence-corrected chi connectivity index (χ2v) is 2.43. The molecule has 0 aromatic rings. The standard InChI is InChI=1S/C6H14N4O2.ClH/c7-4(5(11)12)2-1-3-10-6(8)9;/h4H,1-3,7H2,(H,11,12)(H4,8,9,10);1H/t4-;/m0./s1/i7+1,8+1,9+1,10+1;. The lowest BCUT2D eigenvalue weighted by Gasteiger charge is -2.06. The second-order valence-electron chi connectivity index (χ2n) is 2.43. The first kappa shape index (κ1) is 14.5. The van der Waals surface area contributed by atoms with Crippen LogP contribution in [-0.4, -0.2) is 29.6 Å². The number of halogens is 1. The molecule has 0 spiro atoms. The van der Waals surface area contributed by atoms with Crippen molar-refractivity contribution in [2.24, 2.45) is 11.5 Å². The van der Waals surface area contributed by atoms with Crippen LogP contribution in [0.1, 0.15) is 12.8 Å². The van der Waals surface area contributed by atoms with Crippen LogP contribution in [-0.2, 0) is 4.79 Å². The zero-order valence-electron chi connectivity index (χ0n) is 7.12. The van der Waals surface area contributed by atoms with Gasteiger partial charge in [0.2, 0.25) is 0 Å². The molecule has 0 bridgehead atoms. The quantitative estimate of drug-likeness (QED) is 0.175. The number of nitrogens with one attached hydrogen (secondary N) is 2. The van der Waals surface area contributed by atoms with Gasteiger partial charge in [-0.05, 0) is 12.8 Å². The number of nitrogens with two attached hydrogens (primary N) is 2. The summed E-state index contributed by atoms with van der Waals surface area (Å²) >= 11 is 0. The Kier molecular flexibility index (Phi) is 8.52. The molecule has 6 nitrogen and oxygen atoms in total. The summed E-state index contributed by atoms with van der Waals surface area (Å²) in [4.78, 5) is 10.2. The number of hydrogen-bond acceptors (Lipinski definition) is 3. The van der Waals surface area contributed by atoms with Gasteiger partial charge >= 0.3 is 5.97 Å². The van der Waals surface area contributed by atoms with Gasteiger partial charge < -0.3 is 21.9 Å². The van der Waals surface area contributed by atoms with Crippen LogP contribution in [0, 0.1) is 5.41 Å². The lowest BCUT2D eigenvalue weighted by Crippen LogP contribution is -2.34. The zero-order valence-corrected chi connectivity index (χ0v) is 7.93. The predicted octanol–water partition coefficient (Wildman–Crippen LogP) is -0.917. The Morgan fingerprint density at radius 1 is 1.62 bits per heavy atom. The Morgan fingerprint density at radius 3 is 2.54 bits per heavy atom. The van der Waals surface area contributed by atoms with Crippen molar-refractivity contribution in [1.82, 2.24) is 5.32 Å². The van der Waals surface area contributed by atoms with Gasteiger partial charge in [-0.2, -0.15) is 0 Å². The summed E-state index contributed by atoms with van der Waals surface area (Å²) in [5, 5.41) is 17.7. The van der Waals surface area contributed by atoms with Gasteiger partial charge in [-0.3, -0.25) is 10.2 Å². The Labute approximate surface area is 82.6 Å². The summed E-state index contributed by atoms with van der Waals surface area (Å²) in [6.07, 6.45) is 0.975. The van der Waals surface area contributed by atoms with Crippen LogP contribution >= 0.6 is 12.4 Å². The van der Waals surface area contributed by atoms with E-state index >= 15 is 0 Å². The number of hydrogen-bond donors (Lipinski definition) is 5. The van der Waals surface area contributed by atoms with Crippen LogP contribution < -0.4 is 16.8 Å². The average Bonchev–Trinajstić information content (AvgIpc) is 1.97. The van der Waals surface area contributed by atoms with Crippen molar-refractivity contribution in [3.63, 3.8) is 0 Å². The molecule has 0 amide bonds. The molecule has 0 saturated heterocycles. The Balaban J connectivity index is 0. The van der Waals surface area contributed by atoms with Crippen molar-refractivity contribution < 1.29 is 9.90 Å². The van der Waals surface area contributed by atoms with Crippen molar-refractivity contribution in [3.8, 4) is 0 Å². The highest BCUT2D eigenvalue weighted by molar-refractivity contribution is 5.85. The van der Waals surface area contributed by atoms with Crippen molar-refractivity contribution in [2.45, 2.75) is 18.9 Å². The third kappa shape index (κ3) is 8.90. The first-order valence-electron chi connectivity index (χ1n) is 3.60. The van der Waals surface area contributed by atoms with E-state index in [1.165, 1.54) is 0 Å². The van der Waals surface area contributed by atoms with Gasteiger partial charge in [0.15, 0.2) is 5.96 Å². The molecule has 13 heavy (non-hydrogen) atoms. The Hall–Kier alpha value is -1.01. The molecule has 0 aromatic carbocycles. The zero-order chi connectivity index (χ0) is 9.56. The number of aliphatic carboxylic acids is 1. The van der Waals surface area contributed by atoms with Crippen LogP contribution in [0.15, 0.2) is 0 Å². The summed E-state index contributed by atoms with van der Waals surface area (Å²) in [6, 6.07) is -0.821. The average molecular weight is 215 g/mol. The van der Waals surface area contributed by atoms with Crippen LogP contribution in [0.2, 0.25) is 0 Å². The minimum Gasteiger partial charge on any atom is -0.480 e. The molecule has 0 aromatic heterocycles. The van der Waals surface area contributed by atoms with Crippen LogP contribution in [0.3, 0.4) is 0 Å². The van der Waals surface area contributed by atoms with Crippen molar-refractivity contribution in [3.05, 3.63) is 0 Å². The van der Waals surface area contributed by atoms with Gasteiger partial charge in [0.25, 0.3) is 0 Å². The number of carboxylic acid groups (broad SMARTS) is 1. The van der Waals surface area contributed by atoms with E-state index in [9.17, 15) is 4.79 Å². The molecule has 0 fully saturated rings. The van der Waals surface area contributed by atoms with Gasteiger partial charge in [-0.15, -0.1) is 12.4 Å². The molecular weight excluding hydrogens is 200 g/mol. The minimum absolute atomic E-state index is 0. The van der Waals surface area contributed by atoms with E-state index in [0.717, 1.165) is 0 Å². The van der Waals surface area contributed by atoms with Gasteiger partial charge in [0, 0.05) is 6.54 Å². The molecule has 0 aliphatic carbocycles. The molecule has 7 N–H and O–H groups in total. The first-order valence-corrected chi connectivity index (χ1v) is 3.60. The maximum Gasteiger partial charge on any atom is 0.320 e. The van der Waals surface area contributed by atoms with Crippen molar-refractivity contribution >= 4 is 24.3 Å². The van der Waals surface area contributed by atoms with Crippen LogP contribution in [0.25, 0.3) is 0 Å². The van der Waals surface area contributed by atoms with E-state index in [-0.39, 0.29) is 18.4 Å². The normalized spacial score (nSPS) is 11.2. The molecule has 0 rings (SSSR count). The van der Waals surface area contributed by atoms with Crippen molar-refractivity contribution in [1.29, 1.82) is 5.41 Å². The number of carbonyl (C=O) groups is 1. The van der Waals surface area contributed by atoms with E-state index in [2.05, 4.69) is 5.32 Å². The molecule has 7 heteroatoms. The third-order valence-corrected chi connectivity index (χ3v) is 1.32. The summed E-state index contributed by atoms with van der Waals surface area (Å²) < 4.78 is 0. The van der Waals surface area contributed by atoms with E-state index in [1.807, 2.05) is 0 Å². The van der Waals surface area contributed by atoms with Crippen LogP contribution in [0.4, 0.5) is 0 Å². The Bertz CT molecular complexity index is 176. The number of guanidine groups is 1. The smallest absolute Gasteiger partial charge is 0.320 e. The first-order chi connectivity index (χ1) is 5.54. The summed E-state index contributed by atoms with van der Waals surface area (Å²) in [7, 11) is 0. The SMILES string of the molecule is Cl.[15NH]=C([15NH2])[15NH]CCC[C@H]([15NH2])C(=O)O. The maximum atomic E-state index is 10.2. The highest BCUT2D eigenvalue weighted by atomic mass is 35.5. The van der Waals surface area contributed by atoms with E-state index < -0.39 is 12.0 Å². The lowest BCUT2D eigenvalue weighted by atomic mass is 10.2. The highest BCUT2D eigenvalue weighted by Gasteiger charge is 2.09. The van der Waals surface area contributed by atoms with Crippen molar-refractivity contribution in [2.75, 3.05) is 6.54 Å². The van der Waals surface area contributed by atoms with Gasteiger partial charge in [-0.25, -0.2) is 0 Å². The molecule has 0 aliphatic heterocycles. The highest BCUT2D eigenvalue weighted by Crippen LogP contribution is 1.92. The van der Waals surface area contributed by atoms with E-state index in [0.29, 0.717) is 19.4 Å².